The van der Waals surface area contributed by atoms with Crippen molar-refractivity contribution in [2.24, 2.45) is 7.05 Å². The van der Waals surface area contributed by atoms with Crippen molar-refractivity contribution in [3.05, 3.63) is 36.3 Å². The Kier molecular flexibility index (Phi) is 4.41. The second kappa shape index (κ2) is 7.00. The highest BCUT2D eigenvalue weighted by Crippen LogP contribution is 2.34. The largest absolute Gasteiger partial charge is 0.768 e. The van der Waals surface area contributed by atoms with Gasteiger partial charge in [0.15, 0.2) is 5.65 Å². The zero-order valence-corrected chi connectivity index (χ0v) is 17.8. The van der Waals surface area contributed by atoms with Crippen LogP contribution in [-0.2, 0) is 18.1 Å². The van der Waals surface area contributed by atoms with Crippen LogP contribution in [0.3, 0.4) is 0 Å². The molecule has 10 nitrogen and oxygen atoms in total. The molecule has 1 aliphatic heterocycles. The van der Waals surface area contributed by atoms with Gasteiger partial charge in [-0.2, -0.15) is 14.7 Å². The summed E-state index contributed by atoms with van der Waals surface area (Å²) >= 11 is -1.11. The van der Waals surface area contributed by atoms with Crippen molar-refractivity contribution in [1.29, 1.82) is 5.41 Å². The summed E-state index contributed by atoms with van der Waals surface area (Å²) in [6.45, 7) is 2.84. The van der Waals surface area contributed by atoms with Crippen molar-refractivity contribution in [1.82, 2.24) is 24.4 Å². The van der Waals surface area contributed by atoms with Gasteiger partial charge in [0.2, 0.25) is 0 Å². The molecule has 5 rings (SSSR count). The second-order valence-corrected chi connectivity index (χ2v) is 9.28. The van der Waals surface area contributed by atoms with Crippen molar-refractivity contribution in [3.8, 4) is 11.1 Å². The predicted molar refractivity (Wildman–Crippen MR) is 115 cm³/mol. The number of hydrogen-bond acceptors (Lipinski definition) is 9. The van der Waals surface area contributed by atoms with Crippen molar-refractivity contribution in [3.63, 3.8) is 0 Å². The van der Waals surface area contributed by atoms with Gasteiger partial charge in [0.25, 0.3) is 0 Å². The van der Waals surface area contributed by atoms with E-state index < -0.39 is 11.1 Å². The van der Waals surface area contributed by atoms with Crippen LogP contribution in [0.15, 0.2) is 34.9 Å². The fourth-order valence-electron chi connectivity index (χ4n) is 3.36. The molecule has 0 aliphatic carbocycles. The van der Waals surface area contributed by atoms with E-state index in [0.717, 1.165) is 16.9 Å². The highest BCUT2D eigenvalue weighted by molar-refractivity contribution is 7.82. The Labute approximate surface area is 178 Å². The highest BCUT2D eigenvalue weighted by atomic mass is 32.2. The summed E-state index contributed by atoms with van der Waals surface area (Å²) in [5, 5.41) is 20.5. The van der Waals surface area contributed by atoms with Crippen molar-refractivity contribution < 1.29 is 8.76 Å². The monoisotopic (exact) mass is 441 g/mol. The third kappa shape index (κ3) is 3.18. The quantitative estimate of drug-likeness (QED) is 0.455. The third-order valence-electron chi connectivity index (χ3n) is 4.84. The second-order valence-electron chi connectivity index (χ2n) is 7.10. The number of thiophene rings is 1. The topological polar surface area (TPSA) is 127 Å². The minimum atomic E-state index is -2.28. The van der Waals surface area contributed by atoms with E-state index in [1.807, 2.05) is 24.2 Å². The fraction of sp³-hybridized carbons (Fsp3) is 0.222. The van der Waals surface area contributed by atoms with Crippen LogP contribution >= 0.6 is 11.3 Å². The van der Waals surface area contributed by atoms with Gasteiger partial charge in [0.1, 0.15) is 11.6 Å². The normalized spacial score (nSPS) is 14.9. The molecule has 0 radical (unpaired) electrons. The molecule has 12 heteroatoms. The summed E-state index contributed by atoms with van der Waals surface area (Å²) in [6.07, 6.45) is 5.40. The van der Waals surface area contributed by atoms with Crippen LogP contribution < -0.4 is 10.2 Å². The van der Waals surface area contributed by atoms with Crippen LogP contribution in [0, 0.1) is 12.3 Å². The van der Waals surface area contributed by atoms with E-state index in [2.05, 4.69) is 15.5 Å². The first-order chi connectivity index (χ1) is 14.4. The molecule has 30 heavy (non-hydrogen) atoms. The lowest BCUT2D eigenvalue weighted by Crippen LogP contribution is -2.47. The number of nitrogens with zero attached hydrogens (tertiary/aromatic N) is 6. The van der Waals surface area contributed by atoms with Gasteiger partial charge in [-0.1, -0.05) is 0 Å². The highest BCUT2D eigenvalue weighted by Gasteiger charge is 2.24. The molecule has 1 aliphatic rings. The van der Waals surface area contributed by atoms with E-state index >= 15 is 0 Å². The van der Waals surface area contributed by atoms with E-state index in [0.29, 0.717) is 45.0 Å². The molecule has 0 saturated carbocycles. The van der Waals surface area contributed by atoms with Crippen molar-refractivity contribution in [2.75, 3.05) is 23.3 Å². The molecule has 1 unspecified atom stereocenters. The van der Waals surface area contributed by atoms with Gasteiger partial charge >= 0.3 is 0 Å². The Morgan fingerprint density at radius 1 is 1.27 bits per heavy atom. The number of rotatable bonds is 5. The van der Waals surface area contributed by atoms with Crippen LogP contribution in [0.1, 0.15) is 5.56 Å². The molecule has 4 aromatic rings. The van der Waals surface area contributed by atoms with Crippen LogP contribution in [0.2, 0.25) is 0 Å². The summed E-state index contributed by atoms with van der Waals surface area (Å²) in [6, 6.07) is 3.66. The van der Waals surface area contributed by atoms with E-state index in [9.17, 15) is 8.76 Å². The fourth-order valence-corrected chi connectivity index (χ4v) is 5.03. The molecule has 0 amide bonds. The summed E-state index contributed by atoms with van der Waals surface area (Å²) in [7, 11) is 1.85. The van der Waals surface area contributed by atoms with Crippen LogP contribution in [-0.4, -0.2) is 51.9 Å². The van der Waals surface area contributed by atoms with E-state index in [1.165, 1.54) is 11.3 Å². The Balaban J connectivity index is 1.62. The molecule has 1 fully saturated rings. The average molecular weight is 442 g/mol. The van der Waals surface area contributed by atoms with E-state index in [4.69, 9.17) is 10.4 Å². The van der Waals surface area contributed by atoms with Crippen LogP contribution in [0.25, 0.3) is 16.8 Å². The van der Waals surface area contributed by atoms with Crippen molar-refractivity contribution >= 4 is 50.4 Å². The van der Waals surface area contributed by atoms with E-state index in [-0.39, 0.29) is 0 Å². The SMILES string of the molecule is Cc1cc(Nc2cc(N3CC(=N)C3)nc3c(-c4cnn(C)c4)cnn23)sc1S(=O)[O-]. The lowest BCUT2D eigenvalue weighted by Gasteiger charge is -2.33. The van der Waals surface area contributed by atoms with Crippen LogP contribution in [0.5, 0.6) is 0 Å². The molecular weight excluding hydrogens is 424 g/mol. The van der Waals surface area contributed by atoms with E-state index in [1.54, 1.807) is 34.6 Å². The minimum Gasteiger partial charge on any atom is -0.768 e. The molecule has 154 valence electrons. The summed E-state index contributed by atoms with van der Waals surface area (Å²) in [5.74, 6) is 1.39. The minimum absolute atomic E-state index is 0.302. The number of aryl methyl sites for hydroxylation is 2. The Hall–Kier alpha value is -3.09. The Morgan fingerprint density at radius 2 is 2.07 bits per heavy atom. The molecule has 1 atom stereocenters. The maximum Gasteiger partial charge on any atom is 0.167 e. The number of aromatic nitrogens is 5. The molecule has 5 heterocycles. The van der Waals surface area contributed by atoms with Crippen molar-refractivity contribution in [2.45, 2.75) is 11.1 Å². The number of anilines is 3. The lowest BCUT2D eigenvalue weighted by atomic mass is 10.2. The zero-order valence-electron chi connectivity index (χ0n) is 16.1. The average Bonchev–Trinajstić information content (AvgIpc) is 3.37. The summed E-state index contributed by atoms with van der Waals surface area (Å²) in [5.41, 5.74) is 3.74. The molecular formula is C18H17N8O2S2-. The Bertz CT molecular complexity index is 1310. The number of hydrogen-bond donors (Lipinski definition) is 2. The first kappa shape index (κ1) is 18.9. The lowest BCUT2D eigenvalue weighted by molar-refractivity contribution is 0.538. The van der Waals surface area contributed by atoms with Gasteiger partial charge < -0.3 is 20.2 Å². The maximum absolute atomic E-state index is 11.4. The smallest absolute Gasteiger partial charge is 0.167 e. The predicted octanol–water partition coefficient (Wildman–Crippen LogP) is 2.32. The molecule has 1 saturated heterocycles. The first-order valence-corrected chi connectivity index (χ1v) is 10.9. The third-order valence-corrected chi connectivity index (χ3v) is 7.07. The molecule has 0 bridgehead atoms. The van der Waals surface area contributed by atoms with Gasteiger partial charge in [-0.25, -0.2) is 4.98 Å². The van der Waals surface area contributed by atoms with Gasteiger partial charge in [-0.3, -0.25) is 8.89 Å². The Morgan fingerprint density at radius 3 is 2.70 bits per heavy atom. The number of fused-ring (bicyclic) bond motifs is 1. The maximum atomic E-state index is 11.4. The van der Waals surface area contributed by atoms with Crippen LogP contribution in [0.4, 0.5) is 16.6 Å². The van der Waals surface area contributed by atoms with Gasteiger partial charge in [-0.05, 0) is 29.6 Å². The van der Waals surface area contributed by atoms with Gasteiger partial charge in [0, 0.05) is 36.1 Å². The molecule has 0 aromatic carbocycles. The van der Waals surface area contributed by atoms with Gasteiger partial charge in [-0.15, -0.1) is 11.3 Å². The number of nitrogens with one attached hydrogen (secondary N) is 2. The zero-order chi connectivity index (χ0) is 21.0. The summed E-state index contributed by atoms with van der Waals surface area (Å²) < 4.78 is 26.5. The molecule has 2 N–H and O–H groups in total. The standard InChI is InChI=1S/C18H18N8O2S2/c1-10-3-16(29-18(10)30(27)28)22-15-4-14(25-8-12(19)9-25)23-17-13(6-21-26(15)17)11-5-20-24(2)7-11/h3-7,19,22H,8-9H2,1-2H3,(H,27,28)/p-1. The summed E-state index contributed by atoms with van der Waals surface area (Å²) in [4.78, 5) is 6.79. The first-order valence-electron chi connectivity index (χ1n) is 9.05. The van der Waals surface area contributed by atoms with Gasteiger partial charge in [0.05, 0.1) is 34.7 Å². The molecule has 4 aromatic heterocycles. The molecule has 0 spiro atoms.